The molecule has 144 valence electrons. The lowest BCUT2D eigenvalue weighted by Crippen LogP contribution is -2.48. The van der Waals surface area contributed by atoms with Crippen LogP contribution in [0.3, 0.4) is 0 Å². The molecule has 0 bridgehead atoms. The summed E-state index contributed by atoms with van der Waals surface area (Å²) < 4.78 is 18.7. The Morgan fingerprint density at radius 2 is 2.04 bits per heavy atom. The Labute approximate surface area is 154 Å². The number of nitrogens with one attached hydrogen (secondary N) is 3. The molecule has 26 heavy (non-hydrogen) atoms. The van der Waals surface area contributed by atoms with E-state index < -0.39 is 0 Å². The van der Waals surface area contributed by atoms with Gasteiger partial charge in [0, 0.05) is 25.7 Å². The van der Waals surface area contributed by atoms with E-state index in [1.807, 2.05) is 0 Å². The monoisotopic (exact) mass is 364 g/mol. The summed E-state index contributed by atoms with van der Waals surface area (Å²) in [7, 11) is 0. The number of carbonyl (C=O) groups excluding carboxylic acids is 1. The van der Waals surface area contributed by atoms with Gasteiger partial charge in [0.25, 0.3) is 0 Å². The summed E-state index contributed by atoms with van der Waals surface area (Å²) in [6, 6.07) is 6.71. The third kappa shape index (κ3) is 5.01. The van der Waals surface area contributed by atoms with Crippen LogP contribution >= 0.6 is 0 Å². The number of halogens is 1. The zero-order valence-electron chi connectivity index (χ0n) is 15.3. The molecule has 2 saturated heterocycles. The highest BCUT2D eigenvalue weighted by atomic mass is 19.1. The summed E-state index contributed by atoms with van der Waals surface area (Å²) in [5.74, 6) is -0.238. The molecule has 1 amide bonds. The predicted molar refractivity (Wildman–Crippen MR) is 97.9 cm³/mol. The first kappa shape index (κ1) is 19.2. The molecule has 0 spiro atoms. The molecular formula is C19H29FN4O2. The van der Waals surface area contributed by atoms with Crippen LogP contribution in [0.5, 0.6) is 0 Å². The molecule has 0 aromatic heterocycles. The quantitative estimate of drug-likeness (QED) is 0.682. The number of nitrogens with zero attached hydrogens (tertiary/aromatic N) is 1. The van der Waals surface area contributed by atoms with Crippen molar-refractivity contribution in [3.63, 3.8) is 0 Å². The highest BCUT2D eigenvalue weighted by molar-refractivity contribution is 5.82. The van der Waals surface area contributed by atoms with E-state index in [1.165, 1.54) is 12.1 Å². The molecule has 2 aliphatic rings. The molecule has 2 aliphatic heterocycles. The first-order valence-corrected chi connectivity index (χ1v) is 9.53. The highest BCUT2D eigenvalue weighted by Gasteiger charge is 2.30. The second-order valence-electron chi connectivity index (χ2n) is 7.02. The SMILES string of the molecule is CCCC1CC(C(=O)NCC(c2ccc(F)cc2)N2CCOCC2)NN1. The van der Waals surface area contributed by atoms with Gasteiger partial charge >= 0.3 is 0 Å². The summed E-state index contributed by atoms with van der Waals surface area (Å²) in [5.41, 5.74) is 7.30. The zero-order chi connectivity index (χ0) is 18.4. The lowest BCUT2D eigenvalue weighted by atomic mass is 10.0. The molecule has 1 aromatic carbocycles. The van der Waals surface area contributed by atoms with Crippen LogP contribution in [0.1, 0.15) is 37.8 Å². The van der Waals surface area contributed by atoms with Gasteiger partial charge in [-0.1, -0.05) is 25.5 Å². The summed E-state index contributed by atoms with van der Waals surface area (Å²) >= 11 is 0. The number of hydrogen-bond donors (Lipinski definition) is 3. The van der Waals surface area contributed by atoms with E-state index in [0.717, 1.165) is 37.9 Å². The van der Waals surface area contributed by atoms with Crippen LogP contribution in [0.2, 0.25) is 0 Å². The van der Waals surface area contributed by atoms with Crippen LogP contribution in [0, 0.1) is 5.82 Å². The average Bonchev–Trinajstić information content (AvgIpc) is 3.13. The van der Waals surface area contributed by atoms with Crippen molar-refractivity contribution in [1.82, 2.24) is 21.1 Å². The Bertz CT molecular complexity index is 577. The molecule has 3 rings (SSSR count). The molecule has 7 heteroatoms. The molecule has 6 nitrogen and oxygen atoms in total. The number of carbonyl (C=O) groups is 1. The van der Waals surface area contributed by atoms with Crippen LogP contribution in [-0.2, 0) is 9.53 Å². The lowest BCUT2D eigenvalue weighted by molar-refractivity contribution is -0.123. The van der Waals surface area contributed by atoms with Gasteiger partial charge in [0.15, 0.2) is 0 Å². The summed E-state index contributed by atoms with van der Waals surface area (Å²) in [4.78, 5) is 14.8. The van der Waals surface area contributed by atoms with Gasteiger partial charge in [0.1, 0.15) is 11.9 Å². The molecule has 0 radical (unpaired) electrons. The van der Waals surface area contributed by atoms with Gasteiger partial charge in [-0.15, -0.1) is 0 Å². The van der Waals surface area contributed by atoms with Crippen LogP contribution in [-0.4, -0.2) is 55.7 Å². The summed E-state index contributed by atoms with van der Waals surface area (Å²) in [5, 5.41) is 3.08. The molecule has 0 saturated carbocycles. The minimum Gasteiger partial charge on any atom is -0.379 e. The topological polar surface area (TPSA) is 65.6 Å². The van der Waals surface area contributed by atoms with E-state index in [4.69, 9.17) is 4.74 Å². The Kier molecular flexibility index (Phi) is 6.96. The predicted octanol–water partition coefficient (Wildman–Crippen LogP) is 1.35. The van der Waals surface area contributed by atoms with Gasteiger partial charge in [-0.2, -0.15) is 0 Å². The molecule has 1 aromatic rings. The van der Waals surface area contributed by atoms with Gasteiger partial charge in [0.05, 0.1) is 19.3 Å². The number of rotatable bonds is 7. The lowest BCUT2D eigenvalue weighted by Gasteiger charge is -2.35. The zero-order valence-corrected chi connectivity index (χ0v) is 15.3. The number of hydrogen-bond acceptors (Lipinski definition) is 5. The third-order valence-corrected chi connectivity index (χ3v) is 5.15. The van der Waals surface area contributed by atoms with E-state index in [-0.39, 0.29) is 23.8 Å². The Hall–Kier alpha value is -1.54. The highest BCUT2D eigenvalue weighted by Crippen LogP contribution is 2.22. The second kappa shape index (κ2) is 9.41. The van der Waals surface area contributed by atoms with Crippen molar-refractivity contribution in [3.05, 3.63) is 35.6 Å². The van der Waals surface area contributed by atoms with E-state index in [1.54, 1.807) is 12.1 Å². The van der Waals surface area contributed by atoms with Crippen LogP contribution in [0.4, 0.5) is 4.39 Å². The largest absolute Gasteiger partial charge is 0.379 e. The van der Waals surface area contributed by atoms with Crippen LogP contribution in [0.25, 0.3) is 0 Å². The van der Waals surface area contributed by atoms with Crippen molar-refractivity contribution >= 4 is 5.91 Å². The second-order valence-corrected chi connectivity index (χ2v) is 7.02. The van der Waals surface area contributed by atoms with Gasteiger partial charge < -0.3 is 10.1 Å². The molecule has 3 atom stereocenters. The Morgan fingerprint density at radius 1 is 1.31 bits per heavy atom. The van der Waals surface area contributed by atoms with Crippen LogP contribution in [0.15, 0.2) is 24.3 Å². The molecular weight excluding hydrogens is 335 g/mol. The van der Waals surface area contributed by atoms with Crippen molar-refractivity contribution in [2.24, 2.45) is 0 Å². The molecule has 3 unspecified atom stereocenters. The average molecular weight is 364 g/mol. The number of ether oxygens (including phenoxy) is 1. The maximum absolute atomic E-state index is 13.3. The van der Waals surface area contributed by atoms with Crippen LogP contribution < -0.4 is 16.2 Å². The smallest absolute Gasteiger partial charge is 0.238 e. The fraction of sp³-hybridized carbons (Fsp3) is 0.632. The minimum atomic E-state index is -0.248. The van der Waals surface area contributed by atoms with Crippen molar-refractivity contribution in [1.29, 1.82) is 0 Å². The number of amides is 1. The first-order valence-electron chi connectivity index (χ1n) is 9.53. The van der Waals surface area contributed by atoms with E-state index in [0.29, 0.717) is 25.8 Å². The molecule has 2 heterocycles. The maximum atomic E-state index is 13.3. The fourth-order valence-electron chi connectivity index (χ4n) is 3.68. The van der Waals surface area contributed by atoms with E-state index in [9.17, 15) is 9.18 Å². The van der Waals surface area contributed by atoms with Crippen molar-refractivity contribution in [2.45, 2.75) is 44.3 Å². The number of hydrazine groups is 1. The Balaban J connectivity index is 1.60. The van der Waals surface area contributed by atoms with Gasteiger partial charge in [-0.25, -0.2) is 9.82 Å². The number of morpholine rings is 1. The number of benzene rings is 1. The molecule has 2 fully saturated rings. The van der Waals surface area contributed by atoms with Crippen molar-refractivity contribution < 1.29 is 13.9 Å². The van der Waals surface area contributed by atoms with Crippen molar-refractivity contribution in [2.75, 3.05) is 32.8 Å². The minimum absolute atomic E-state index is 0.0106. The van der Waals surface area contributed by atoms with Crippen molar-refractivity contribution in [3.8, 4) is 0 Å². The molecule has 0 aliphatic carbocycles. The Morgan fingerprint density at radius 3 is 2.73 bits per heavy atom. The van der Waals surface area contributed by atoms with Gasteiger partial charge in [-0.05, 0) is 30.5 Å². The van der Waals surface area contributed by atoms with E-state index in [2.05, 4.69) is 28.0 Å². The summed E-state index contributed by atoms with van der Waals surface area (Å²) in [6.07, 6.45) is 2.96. The van der Waals surface area contributed by atoms with Gasteiger partial charge in [-0.3, -0.25) is 15.1 Å². The third-order valence-electron chi connectivity index (χ3n) is 5.15. The maximum Gasteiger partial charge on any atom is 0.238 e. The summed E-state index contributed by atoms with van der Waals surface area (Å²) in [6.45, 7) is 5.61. The first-order chi connectivity index (χ1) is 12.7. The van der Waals surface area contributed by atoms with Gasteiger partial charge in [0.2, 0.25) is 5.91 Å². The standard InChI is InChI=1S/C19H29FN4O2/c1-2-3-16-12-17(23-22-16)19(25)21-13-18(24-8-10-26-11-9-24)14-4-6-15(20)7-5-14/h4-7,16-18,22-23H,2-3,8-13H2,1H3,(H,21,25). The fourth-order valence-corrected chi connectivity index (χ4v) is 3.68. The van der Waals surface area contributed by atoms with E-state index >= 15 is 0 Å². The normalized spacial score (nSPS) is 25.2. The molecule has 3 N–H and O–H groups in total.